The third kappa shape index (κ3) is 4.82. The Balaban J connectivity index is 1.34. The maximum Gasteiger partial charge on any atom is 0.291 e. The summed E-state index contributed by atoms with van der Waals surface area (Å²) in [6, 6.07) is 24.0. The third-order valence-electron chi connectivity index (χ3n) is 8.19. The molecule has 0 aliphatic carbocycles. The summed E-state index contributed by atoms with van der Waals surface area (Å²) in [5, 5.41) is 0.447. The largest absolute Gasteiger partial charge is 0.490 e. The van der Waals surface area contributed by atoms with Crippen LogP contribution in [0.15, 0.2) is 88.1 Å². The molecule has 2 aliphatic heterocycles. The van der Waals surface area contributed by atoms with Crippen LogP contribution in [0.4, 0.5) is 0 Å². The summed E-state index contributed by atoms with van der Waals surface area (Å²) in [6.07, 6.45) is 0. The second kappa shape index (κ2) is 11.1. The van der Waals surface area contributed by atoms with E-state index in [0.29, 0.717) is 58.3 Å². The molecule has 0 fully saturated rings. The lowest BCUT2D eigenvalue weighted by Crippen LogP contribution is -2.29. The van der Waals surface area contributed by atoms with Crippen molar-refractivity contribution in [2.45, 2.75) is 40.0 Å². The molecule has 3 heterocycles. The highest BCUT2D eigenvalue weighted by Gasteiger charge is 2.43. The van der Waals surface area contributed by atoms with E-state index < -0.39 is 6.04 Å². The number of benzene rings is 4. The minimum Gasteiger partial charge on any atom is -0.490 e. The molecule has 0 saturated carbocycles. The number of fused-ring (bicyclic) bond motifs is 3. The maximum absolute atomic E-state index is 14.2. The number of amides is 1. The second-order valence-corrected chi connectivity index (χ2v) is 11.0. The molecule has 2 aliphatic rings. The van der Waals surface area contributed by atoms with Crippen LogP contribution in [0.5, 0.6) is 23.0 Å². The van der Waals surface area contributed by atoms with E-state index in [9.17, 15) is 9.59 Å². The van der Waals surface area contributed by atoms with Gasteiger partial charge in [-0.15, -0.1) is 0 Å². The van der Waals surface area contributed by atoms with Crippen LogP contribution in [0.3, 0.4) is 0 Å². The zero-order valence-electron chi connectivity index (χ0n) is 24.7. The van der Waals surface area contributed by atoms with Crippen molar-refractivity contribution in [1.82, 2.24) is 4.90 Å². The summed E-state index contributed by atoms with van der Waals surface area (Å²) in [4.78, 5) is 29.9. The van der Waals surface area contributed by atoms with Gasteiger partial charge in [-0.3, -0.25) is 9.59 Å². The SMILES string of the molecule is CCOc1cc(C2c3c(oc4cc(C)c(C)cc4c3=O)C(=O)N2Cc2ccc3c(c2)OCO3)ccc1OCc1ccccc1. The van der Waals surface area contributed by atoms with Gasteiger partial charge in [-0.25, -0.2) is 0 Å². The number of aryl methyl sites for hydroxylation is 2. The third-order valence-corrected chi connectivity index (χ3v) is 8.19. The average molecular weight is 590 g/mol. The lowest BCUT2D eigenvalue weighted by Gasteiger charge is -2.26. The van der Waals surface area contributed by atoms with Crippen molar-refractivity contribution < 1.29 is 28.2 Å². The monoisotopic (exact) mass is 589 g/mol. The van der Waals surface area contributed by atoms with Crippen molar-refractivity contribution in [3.63, 3.8) is 0 Å². The molecule has 8 nitrogen and oxygen atoms in total. The van der Waals surface area contributed by atoms with Gasteiger partial charge in [-0.05, 0) is 85.0 Å². The van der Waals surface area contributed by atoms with Crippen LogP contribution in [-0.2, 0) is 13.2 Å². The molecule has 8 heteroatoms. The number of carbonyl (C=O) groups is 1. The number of nitrogens with zero attached hydrogens (tertiary/aromatic N) is 1. The molecule has 222 valence electrons. The van der Waals surface area contributed by atoms with Crippen LogP contribution in [0.2, 0.25) is 0 Å². The molecule has 0 saturated heterocycles. The first-order valence-corrected chi connectivity index (χ1v) is 14.6. The Morgan fingerprint density at radius 1 is 0.818 bits per heavy atom. The van der Waals surface area contributed by atoms with Gasteiger partial charge in [0.1, 0.15) is 12.2 Å². The zero-order chi connectivity index (χ0) is 30.4. The quantitative estimate of drug-likeness (QED) is 0.195. The van der Waals surface area contributed by atoms with Crippen molar-refractivity contribution in [3.8, 4) is 23.0 Å². The van der Waals surface area contributed by atoms with Crippen LogP contribution >= 0.6 is 0 Å². The van der Waals surface area contributed by atoms with Crippen molar-refractivity contribution in [3.05, 3.63) is 128 Å². The standard InChI is InChI=1S/C36H31NO7/c1-4-40-31-17-25(11-13-27(31)41-19-23-8-6-5-7-9-23)33-32-34(38)26-14-21(2)22(3)15-29(26)44-35(32)36(39)37(33)18-24-10-12-28-30(16-24)43-20-42-28/h5-17,33H,4,18-20H2,1-3H3. The van der Waals surface area contributed by atoms with Crippen LogP contribution in [0.1, 0.15) is 56.9 Å². The molecular formula is C36H31NO7. The topological polar surface area (TPSA) is 87.4 Å². The van der Waals surface area contributed by atoms with E-state index in [2.05, 4.69) is 0 Å². The Hall–Kier alpha value is -5.24. The molecule has 5 aromatic rings. The molecule has 44 heavy (non-hydrogen) atoms. The highest BCUT2D eigenvalue weighted by Crippen LogP contribution is 2.43. The molecule has 4 aromatic carbocycles. The van der Waals surface area contributed by atoms with Gasteiger partial charge in [0.05, 0.1) is 23.6 Å². The molecule has 0 N–H and O–H groups in total. The van der Waals surface area contributed by atoms with Crippen LogP contribution in [0.25, 0.3) is 11.0 Å². The van der Waals surface area contributed by atoms with E-state index >= 15 is 0 Å². The molecule has 0 spiro atoms. The summed E-state index contributed by atoms with van der Waals surface area (Å²) in [6.45, 7) is 6.97. The lowest BCUT2D eigenvalue weighted by atomic mass is 9.97. The Kier molecular flexibility index (Phi) is 6.97. The lowest BCUT2D eigenvalue weighted by molar-refractivity contribution is 0.0713. The van der Waals surface area contributed by atoms with E-state index in [1.165, 1.54) is 0 Å². The van der Waals surface area contributed by atoms with Gasteiger partial charge in [-0.1, -0.05) is 42.5 Å². The Labute approximate surface area is 254 Å². The summed E-state index contributed by atoms with van der Waals surface area (Å²) in [5.41, 5.74) is 5.01. The molecular weight excluding hydrogens is 558 g/mol. The predicted octanol–water partition coefficient (Wildman–Crippen LogP) is 6.86. The minimum absolute atomic E-state index is 0.0545. The molecule has 0 bridgehead atoms. The molecule has 0 radical (unpaired) electrons. The molecule has 1 amide bonds. The second-order valence-electron chi connectivity index (χ2n) is 11.0. The zero-order valence-corrected chi connectivity index (χ0v) is 24.7. The summed E-state index contributed by atoms with van der Waals surface area (Å²) in [7, 11) is 0. The molecule has 1 unspecified atom stereocenters. The van der Waals surface area contributed by atoms with Crippen molar-refractivity contribution in [2.75, 3.05) is 13.4 Å². The van der Waals surface area contributed by atoms with Gasteiger partial charge in [-0.2, -0.15) is 0 Å². The molecule has 1 atom stereocenters. The van der Waals surface area contributed by atoms with E-state index in [1.54, 1.807) is 4.90 Å². The highest BCUT2D eigenvalue weighted by atomic mass is 16.7. The van der Waals surface area contributed by atoms with Crippen LogP contribution in [-0.4, -0.2) is 24.2 Å². The average Bonchev–Trinajstić information content (AvgIpc) is 3.61. The van der Waals surface area contributed by atoms with Gasteiger partial charge >= 0.3 is 0 Å². The first-order valence-electron chi connectivity index (χ1n) is 14.6. The first kappa shape index (κ1) is 27.6. The van der Waals surface area contributed by atoms with Gasteiger partial charge in [0.15, 0.2) is 28.4 Å². The Morgan fingerprint density at radius 3 is 2.43 bits per heavy atom. The smallest absolute Gasteiger partial charge is 0.291 e. The summed E-state index contributed by atoms with van der Waals surface area (Å²) >= 11 is 0. The Morgan fingerprint density at radius 2 is 1.61 bits per heavy atom. The summed E-state index contributed by atoms with van der Waals surface area (Å²) in [5.74, 6) is 2.07. The van der Waals surface area contributed by atoms with Crippen molar-refractivity contribution in [2.24, 2.45) is 0 Å². The fraction of sp³-hybridized carbons (Fsp3) is 0.222. The van der Waals surface area contributed by atoms with Crippen LogP contribution in [0, 0.1) is 13.8 Å². The maximum atomic E-state index is 14.2. The van der Waals surface area contributed by atoms with E-state index in [1.807, 2.05) is 99.6 Å². The highest BCUT2D eigenvalue weighted by molar-refractivity contribution is 5.99. The van der Waals surface area contributed by atoms with Gasteiger partial charge in [0.25, 0.3) is 5.91 Å². The van der Waals surface area contributed by atoms with Gasteiger partial charge in [0.2, 0.25) is 12.6 Å². The Bertz CT molecular complexity index is 1960. The number of carbonyl (C=O) groups excluding carboxylic acids is 1. The van der Waals surface area contributed by atoms with Gasteiger partial charge in [0, 0.05) is 6.54 Å². The fourth-order valence-corrected chi connectivity index (χ4v) is 5.84. The number of hydrogen-bond donors (Lipinski definition) is 0. The minimum atomic E-state index is -0.715. The van der Waals surface area contributed by atoms with Crippen molar-refractivity contribution in [1.29, 1.82) is 0 Å². The first-order chi connectivity index (χ1) is 21.4. The van der Waals surface area contributed by atoms with E-state index in [4.69, 9.17) is 23.4 Å². The molecule has 7 rings (SSSR count). The molecule has 1 aromatic heterocycles. The number of hydrogen-bond acceptors (Lipinski definition) is 7. The fourth-order valence-electron chi connectivity index (χ4n) is 5.84. The normalized spacial score (nSPS) is 15.1. The van der Waals surface area contributed by atoms with Gasteiger partial charge < -0.3 is 28.3 Å². The number of rotatable bonds is 8. The van der Waals surface area contributed by atoms with E-state index in [-0.39, 0.29) is 30.4 Å². The number of ether oxygens (including phenoxy) is 4. The van der Waals surface area contributed by atoms with Crippen molar-refractivity contribution >= 4 is 16.9 Å². The van der Waals surface area contributed by atoms with Crippen LogP contribution < -0.4 is 24.4 Å². The van der Waals surface area contributed by atoms with E-state index in [0.717, 1.165) is 22.3 Å². The summed E-state index contributed by atoms with van der Waals surface area (Å²) < 4.78 is 29.4. The predicted molar refractivity (Wildman–Crippen MR) is 165 cm³/mol.